The van der Waals surface area contributed by atoms with E-state index in [1.54, 1.807) is 12.1 Å². The molecule has 0 unspecified atom stereocenters. The molecule has 0 aliphatic rings. The van der Waals surface area contributed by atoms with E-state index in [9.17, 15) is 0 Å². The molecular weight excluding hydrogens is 236 g/mol. The molecule has 0 amide bonds. The summed E-state index contributed by atoms with van der Waals surface area (Å²) in [6.07, 6.45) is 0. The van der Waals surface area contributed by atoms with Gasteiger partial charge in [-0.1, -0.05) is 12.1 Å². The Bertz CT molecular complexity index is 669. The van der Waals surface area contributed by atoms with Crippen molar-refractivity contribution in [2.75, 3.05) is 0 Å². The summed E-state index contributed by atoms with van der Waals surface area (Å²) in [7, 11) is 0. The van der Waals surface area contributed by atoms with Crippen LogP contribution in [0.2, 0.25) is 0 Å². The van der Waals surface area contributed by atoms with Crippen molar-refractivity contribution in [3.63, 3.8) is 0 Å². The molecule has 0 saturated heterocycles. The van der Waals surface area contributed by atoms with Crippen LogP contribution in [0.15, 0.2) is 24.3 Å². The third kappa shape index (κ3) is 2.58. The van der Waals surface area contributed by atoms with Crippen LogP contribution < -0.4 is 4.74 Å². The van der Waals surface area contributed by atoms with Crippen LogP contribution in [-0.2, 0) is 0 Å². The highest BCUT2D eigenvalue weighted by Crippen LogP contribution is 2.31. The summed E-state index contributed by atoms with van der Waals surface area (Å²) < 4.78 is 5.89. The first-order valence-corrected chi connectivity index (χ1v) is 6.15. The molecule has 3 heteroatoms. The van der Waals surface area contributed by atoms with Gasteiger partial charge < -0.3 is 4.74 Å². The van der Waals surface area contributed by atoms with Crippen molar-refractivity contribution in [1.29, 1.82) is 5.26 Å². The smallest absolute Gasteiger partial charge is 0.237 e. The lowest BCUT2D eigenvalue weighted by molar-refractivity contribution is 0.452. The maximum absolute atomic E-state index is 9.11. The lowest BCUT2D eigenvalue weighted by atomic mass is 10.1. The van der Waals surface area contributed by atoms with Gasteiger partial charge in [-0.25, -0.2) is 4.98 Å². The number of ether oxygens (including phenoxy) is 1. The molecule has 2 aromatic rings. The van der Waals surface area contributed by atoms with E-state index in [1.165, 1.54) is 0 Å². The van der Waals surface area contributed by atoms with Gasteiger partial charge in [-0.15, -0.1) is 0 Å². The molecule has 0 atom stereocenters. The molecule has 0 saturated carbocycles. The first-order chi connectivity index (χ1) is 9.02. The second-order valence-corrected chi connectivity index (χ2v) is 4.67. The summed E-state index contributed by atoms with van der Waals surface area (Å²) in [6.45, 7) is 7.92. The zero-order valence-corrected chi connectivity index (χ0v) is 11.6. The van der Waals surface area contributed by atoms with Crippen LogP contribution in [0.1, 0.15) is 27.9 Å². The number of hydrogen-bond donors (Lipinski definition) is 0. The number of rotatable bonds is 2. The van der Waals surface area contributed by atoms with Crippen molar-refractivity contribution < 1.29 is 4.74 Å². The Balaban J connectivity index is 2.51. The van der Waals surface area contributed by atoms with Crippen LogP contribution in [0.4, 0.5) is 0 Å². The van der Waals surface area contributed by atoms with Gasteiger partial charge in [0.15, 0.2) is 0 Å². The summed E-state index contributed by atoms with van der Waals surface area (Å²) in [5.41, 5.74) is 4.55. The van der Waals surface area contributed by atoms with E-state index in [2.05, 4.69) is 17.1 Å². The highest BCUT2D eigenvalue weighted by Gasteiger charge is 2.12. The highest BCUT2D eigenvalue weighted by molar-refractivity contribution is 5.48. The Hall–Kier alpha value is -2.34. The molecule has 1 heterocycles. The summed E-state index contributed by atoms with van der Waals surface area (Å²) in [5, 5.41) is 9.11. The molecule has 1 aromatic heterocycles. The SMILES string of the molecule is Cc1ccc(C#N)c(Oc2c(C)ccc(C)c2C)n1. The van der Waals surface area contributed by atoms with Gasteiger partial charge in [-0.3, -0.25) is 0 Å². The van der Waals surface area contributed by atoms with Crippen LogP contribution in [0.25, 0.3) is 0 Å². The number of aryl methyl sites for hydroxylation is 3. The van der Waals surface area contributed by atoms with E-state index in [1.807, 2.05) is 33.8 Å². The van der Waals surface area contributed by atoms with Crippen molar-refractivity contribution in [2.45, 2.75) is 27.7 Å². The standard InChI is InChI=1S/C16H16N2O/c1-10-5-6-11(2)15(13(10)4)19-16-14(9-17)8-7-12(3)18-16/h5-8H,1-4H3. The Morgan fingerprint density at radius 3 is 2.37 bits per heavy atom. The average molecular weight is 252 g/mol. The fourth-order valence-electron chi connectivity index (χ4n) is 1.88. The van der Waals surface area contributed by atoms with E-state index < -0.39 is 0 Å². The Labute approximate surface area is 113 Å². The van der Waals surface area contributed by atoms with Gasteiger partial charge in [0.25, 0.3) is 0 Å². The molecule has 0 spiro atoms. The van der Waals surface area contributed by atoms with Crippen molar-refractivity contribution >= 4 is 0 Å². The number of hydrogen-bond acceptors (Lipinski definition) is 3. The van der Waals surface area contributed by atoms with Gasteiger partial charge in [0, 0.05) is 5.69 Å². The number of nitriles is 1. The van der Waals surface area contributed by atoms with Crippen molar-refractivity contribution in [1.82, 2.24) is 4.98 Å². The van der Waals surface area contributed by atoms with Gasteiger partial charge in [-0.05, 0) is 56.5 Å². The fraction of sp³-hybridized carbons (Fsp3) is 0.250. The molecule has 0 bridgehead atoms. The Morgan fingerprint density at radius 1 is 1.00 bits per heavy atom. The molecule has 0 aliphatic heterocycles. The normalized spacial score (nSPS) is 10.1. The van der Waals surface area contributed by atoms with Gasteiger partial charge in [0.1, 0.15) is 17.4 Å². The maximum atomic E-state index is 9.11. The van der Waals surface area contributed by atoms with Crippen LogP contribution >= 0.6 is 0 Å². The minimum Gasteiger partial charge on any atom is -0.437 e. The first kappa shape index (κ1) is 13.1. The van der Waals surface area contributed by atoms with Gasteiger partial charge in [0.05, 0.1) is 0 Å². The molecule has 96 valence electrons. The largest absolute Gasteiger partial charge is 0.437 e. The summed E-state index contributed by atoms with van der Waals surface area (Å²) in [4.78, 5) is 4.31. The molecule has 19 heavy (non-hydrogen) atoms. The van der Waals surface area contributed by atoms with E-state index in [-0.39, 0.29) is 0 Å². The van der Waals surface area contributed by atoms with Crippen LogP contribution in [0.3, 0.4) is 0 Å². The molecule has 0 aliphatic carbocycles. The van der Waals surface area contributed by atoms with E-state index >= 15 is 0 Å². The number of pyridine rings is 1. The predicted molar refractivity (Wildman–Crippen MR) is 74.4 cm³/mol. The van der Waals surface area contributed by atoms with Gasteiger partial charge in [0.2, 0.25) is 5.88 Å². The number of benzene rings is 1. The minimum absolute atomic E-state index is 0.374. The average Bonchev–Trinajstić information content (AvgIpc) is 2.39. The molecule has 0 fully saturated rings. The minimum atomic E-state index is 0.374. The van der Waals surface area contributed by atoms with Gasteiger partial charge in [-0.2, -0.15) is 5.26 Å². The second-order valence-electron chi connectivity index (χ2n) is 4.67. The van der Waals surface area contributed by atoms with Crippen molar-refractivity contribution in [3.8, 4) is 17.7 Å². The zero-order chi connectivity index (χ0) is 14.0. The molecular formula is C16H16N2O. The van der Waals surface area contributed by atoms with E-state index in [0.29, 0.717) is 11.4 Å². The van der Waals surface area contributed by atoms with Crippen LogP contribution in [-0.4, -0.2) is 4.98 Å². The van der Waals surface area contributed by atoms with Crippen molar-refractivity contribution in [3.05, 3.63) is 52.2 Å². The molecule has 1 aromatic carbocycles. The Kier molecular flexibility index (Phi) is 3.52. The molecule has 0 radical (unpaired) electrons. The second kappa shape index (κ2) is 5.11. The van der Waals surface area contributed by atoms with Gasteiger partial charge >= 0.3 is 0 Å². The maximum Gasteiger partial charge on any atom is 0.237 e. The van der Waals surface area contributed by atoms with E-state index in [0.717, 1.165) is 28.1 Å². The predicted octanol–water partition coefficient (Wildman–Crippen LogP) is 3.98. The summed E-state index contributed by atoms with van der Waals surface area (Å²) in [5.74, 6) is 1.16. The third-order valence-corrected chi connectivity index (χ3v) is 3.19. The monoisotopic (exact) mass is 252 g/mol. The molecule has 0 N–H and O–H groups in total. The lowest BCUT2D eigenvalue weighted by Gasteiger charge is -2.14. The molecule has 2 rings (SSSR count). The summed E-state index contributed by atoms with van der Waals surface area (Å²) >= 11 is 0. The fourth-order valence-corrected chi connectivity index (χ4v) is 1.88. The molecule has 3 nitrogen and oxygen atoms in total. The van der Waals surface area contributed by atoms with E-state index in [4.69, 9.17) is 10.00 Å². The first-order valence-electron chi connectivity index (χ1n) is 6.15. The lowest BCUT2D eigenvalue weighted by Crippen LogP contribution is -1.98. The topological polar surface area (TPSA) is 45.9 Å². The van der Waals surface area contributed by atoms with Crippen LogP contribution in [0, 0.1) is 39.0 Å². The van der Waals surface area contributed by atoms with Crippen LogP contribution in [0.5, 0.6) is 11.6 Å². The number of nitrogens with zero attached hydrogens (tertiary/aromatic N) is 2. The third-order valence-electron chi connectivity index (χ3n) is 3.19. The highest BCUT2D eigenvalue weighted by atomic mass is 16.5. The Morgan fingerprint density at radius 2 is 1.68 bits per heavy atom. The summed E-state index contributed by atoms with van der Waals surface area (Å²) in [6, 6.07) is 9.73. The zero-order valence-electron chi connectivity index (χ0n) is 11.6. The van der Waals surface area contributed by atoms with Crippen molar-refractivity contribution in [2.24, 2.45) is 0 Å². The number of aromatic nitrogens is 1. The quantitative estimate of drug-likeness (QED) is 0.812.